The summed E-state index contributed by atoms with van der Waals surface area (Å²) in [5.74, 6) is 0.116. The van der Waals surface area contributed by atoms with E-state index >= 15 is 0 Å². The minimum absolute atomic E-state index is 0.0525. The van der Waals surface area contributed by atoms with Crippen molar-refractivity contribution in [2.45, 2.75) is 44.4 Å². The molecule has 0 heterocycles. The predicted molar refractivity (Wildman–Crippen MR) is 107 cm³/mol. The van der Waals surface area contributed by atoms with Gasteiger partial charge >= 0.3 is 0 Å². The summed E-state index contributed by atoms with van der Waals surface area (Å²) in [7, 11) is 1.59. The van der Waals surface area contributed by atoms with Gasteiger partial charge in [0.25, 0.3) is 0 Å². The van der Waals surface area contributed by atoms with Gasteiger partial charge in [0, 0.05) is 23.1 Å². The molecule has 1 saturated carbocycles. The number of carboxylic acids is 1. The molecule has 0 aromatic heterocycles. The number of carbonyl (C=O) groups is 1. The van der Waals surface area contributed by atoms with Gasteiger partial charge in [-0.3, -0.25) is 5.43 Å². The number of carboxylic acid groups (broad SMARTS) is 1. The van der Waals surface area contributed by atoms with E-state index in [2.05, 4.69) is 15.8 Å². The SMILES string of the molecule is COc1ccc(/C(C)=N\NC(=S)NC2CCCC2)cc1CSCC(=O)[O-]. The maximum atomic E-state index is 10.6. The number of nitrogens with zero attached hydrogens (tertiary/aromatic N) is 1. The molecule has 0 unspecified atom stereocenters. The van der Waals surface area contributed by atoms with Gasteiger partial charge in [0.2, 0.25) is 0 Å². The molecule has 1 aromatic carbocycles. The van der Waals surface area contributed by atoms with Gasteiger partial charge in [-0.05, 0) is 55.7 Å². The molecule has 0 radical (unpaired) electrons. The van der Waals surface area contributed by atoms with Crippen LogP contribution in [0.2, 0.25) is 0 Å². The molecule has 1 fully saturated rings. The second-order valence-electron chi connectivity index (χ2n) is 6.16. The summed E-state index contributed by atoms with van der Waals surface area (Å²) in [4.78, 5) is 10.6. The summed E-state index contributed by atoms with van der Waals surface area (Å²) >= 11 is 6.56. The number of aliphatic carboxylic acids is 1. The maximum absolute atomic E-state index is 10.6. The van der Waals surface area contributed by atoms with Crippen molar-refractivity contribution in [3.63, 3.8) is 0 Å². The fourth-order valence-electron chi connectivity index (χ4n) is 2.85. The van der Waals surface area contributed by atoms with Gasteiger partial charge in [-0.1, -0.05) is 12.8 Å². The Labute approximate surface area is 163 Å². The average Bonchev–Trinajstić information content (AvgIpc) is 3.12. The van der Waals surface area contributed by atoms with E-state index in [9.17, 15) is 9.90 Å². The van der Waals surface area contributed by atoms with Crippen LogP contribution in [0.4, 0.5) is 0 Å². The molecule has 1 aliphatic rings. The molecular formula is C18H24N3O3S2-. The summed E-state index contributed by atoms with van der Waals surface area (Å²) in [5.41, 5.74) is 5.52. The summed E-state index contributed by atoms with van der Waals surface area (Å²) in [6.45, 7) is 1.89. The molecule has 2 N–H and O–H groups in total. The Bertz CT molecular complexity index is 674. The van der Waals surface area contributed by atoms with Crippen molar-refractivity contribution >= 4 is 40.8 Å². The van der Waals surface area contributed by atoms with Crippen molar-refractivity contribution in [3.05, 3.63) is 29.3 Å². The van der Waals surface area contributed by atoms with Crippen molar-refractivity contribution in [3.8, 4) is 5.75 Å². The molecule has 0 amide bonds. The number of methoxy groups -OCH3 is 1. The predicted octanol–water partition coefficient (Wildman–Crippen LogP) is 1.81. The molecule has 6 nitrogen and oxygen atoms in total. The minimum atomic E-state index is -1.07. The van der Waals surface area contributed by atoms with E-state index in [-0.39, 0.29) is 5.75 Å². The molecule has 1 aliphatic carbocycles. The normalized spacial score (nSPS) is 14.9. The van der Waals surface area contributed by atoms with Gasteiger partial charge < -0.3 is 20.0 Å². The zero-order chi connectivity index (χ0) is 18.9. The lowest BCUT2D eigenvalue weighted by Gasteiger charge is -2.14. The molecule has 26 heavy (non-hydrogen) atoms. The number of nitrogens with one attached hydrogen (secondary N) is 2. The van der Waals surface area contributed by atoms with Crippen molar-refractivity contribution in [1.82, 2.24) is 10.7 Å². The Morgan fingerprint density at radius 1 is 1.42 bits per heavy atom. The fourth-order valence-corrected chi connectivity index (χ4v) is 3.77. The van der Waals surface area contributed by atoms with Crippen molar-refractivity contribution in [2.24, 2.45) is 5.10 Å². The van der Waals surface area contributed by atoms with Crippen LogP contribution in [0.3, 0.4) is 0 Å². The van der Waals surface area contributed by atoms with E-state index in [0.29, 0.717) is 16.9 Å². The third-order valence-corrected chi connectivity index (χ3v) is 5.36. The van der Waals surface area contributed by atoms with Crippen LogP contribution in [-0.4, -0.2) is 35.7 Å². The number of thioether (sulfide) groups is 1. The first-order chi connectivity index (χ1) is 12.5. The highest BCUT2D eigenvalue weighted by molar-refractivity contribution is 7.99. The number of benzene rings is 1. The highest BCUT2D eigenvalue weighted by Crippen LogP contribution is 2.25. The average molecular weight is 395 g/mol. The van der Waals surface area contributed by atoms with Crippen molar-refractivity contribution in [2.75, 3.05) is 12.9 Å². The summed E-state index contributed by atoms with van der Waals surface area (Å²) in [6, 6.07) is 6.17. The van der Waals surface area contributed by atoms with E-state index < -0.39 is 5.97 Å². The van der Waals surface area contributed by atoms with Crippen LogP contribution in [0, 0.1) is 0 Å². The molecule has 0 bridgehead atoms. The van der Waals surface area contributed by atoms with Gasteiger partial charge in [-0.25, -0.2) is 0 Å². The number of hydrogen-bond acceptors (Lipinski definition) is 6. The number of ether oxygens (including phenoxy) is 1. The van der Waals surface area contributed by atoms with Crippen LogP contribution in [0.1, 0.15) is 43.7 Å². The molecule has 8 heteroatoms. The Morgan fingerprint density at radius 2 is 2.15 bits per heavy atom. The topological polar surface area (TPSA) is 85.8 Å². The summed E-state index contributed by atoms with van der Waals surface area (Å²) in [6.07, 6.45) is 4.78. The van der Waals surface area contributed by atoms with Crippen LogP contribution < -0.4 is 20.6 Å². The first kappa shape index (κ1) is 20.5. The Hall–Kier alpha value is -1.80. The number of carbonyl (C=O) groups excluding carboxylic acids is 1. The highest BCUT2D eigenvalue weighted by atomic mass is 32.2. The summed E-state index contributed by atoms with van der Waals surface area (Å²) < 4.78 is 5.35. The third-order valence-electron chi connectivity index (χ3n) is 4.19. The number of rotatable bonds is 8. The Morgan fingerprint density at radius 3 is 2.81 bits per heavy atom. The second-order valence-corrected chi connectivity index (χ2v) is 7.55. The van der Waals surface area contributed by atoms with E-state index in [1.807, 2.05) is 25.1 Å². The molecule has 0 saturated heterocycles. The van der Waals surface area contributed by atoms with Crippen LogP contribution in [0.5, 0.6) is 5.75 Å². The molecular weight excluding hydrogens is 370 g/mol. The monoisotopic (exact) mass is 394 g/mol. The lowest BCUT2D eigenvalue weighted by molar-refractivity contribution is -0.301. The first-order valence-corrected chi connectivity index (χ1v) is 10.1. The third kappa shape index (κ3) is 6.49. The van der Waals surface area contributed by atoms with E-state index in [1.54, 1.807) is 7.11 Å². The first-order valence-electron chi connectivity index (χ1n) is 8.55. The van der Waals surface area contributed by atoms with E-state index in [4.69, 9.17) is 17.0 Å². The van der Waals surface area contributed by atoms with Gasteiger partial charge in [0.05, 0.1) is 18.8 Å². The molecule has 0 spiro atoms. The lowest BCUT2D eigenvalue weighted by Crippen LogP contribution is -2.38. The molecule has 1 aromatic rings. The quantitative estimate of drug-likeness (QED) is 0.395. The van der Waals surface area contributed by atoms with Gasteiger partial charge in [-0.15, -0.1) is 0 Å². The van der Waals surface area contributed by atoms with Gasteiger partial charge in [0.1, 0.15) is 5.75 Å². The highest BCUT2D eigenvalue weighted by Gasteiger charge is 2.15. The molecule has 0 atom stereocenters. The van der Waals surface area contributed by atoms with Crippen LogP contribution in [0.15, 0.2) is 23.3 Å². The molecule has 142 valence electrons. The van der Waals surface area contributed by atoms with E-state index in [1.165, 1.54) is 24.6 Å². The second kappa shape index (κ2) is 10.4. The molecule has 2 rings (SSSR count). The summed E-state index contributed by atoms with van der Waals surface area (Å²) in [5, 5.41) is 18.8. The number of hydrazone groups is 1. The van der Waals surface area contributed by atoms with Crippen molar-refractivity contribution < 1.29 is 14.6 Å². The van der Waals surface area contributed by atoms with Crippen LogP contribution in [0.25, 0.3) is 0 Å². The smallest absolute Gasteiger partial charge is 0.187 e. The zero-order valence-corrected chi connectivity index (χ0v) is 16.7. The van der Waals surface area contributed by atoms with Crippen LogP contribution >= 0.6 is 24.0 Å². The van der Waals surface area contributed by atoms with Gasteiger partial charge in [-0.2, -0.15) is 16.9 Å². The van der Waals surface area contributed by atoms with Crippen LogP contribution in [-0.2, 0) is 10.5 Å². The molecule has 0 aliphatic heterocycles. The Balaban J connectivity index is 1.98. The maximum Gasteiger partial charge on any atom is 0.187 e. The fraction of sp³-hybridized carbons (Fsp3) is 0.500. The number of thiocarbonyl (C=S) groups is 1. The minimum Gasteiger partial charge on any atom is -0.549 e. The lowest BCUT2D eigenvalue weighted by atomic mass is 10.1. The zero-order valence-electron chi connectivity index (χ0n) is 15.0. The number of hydrogen-bond donors (Lipinski definition) is 2. The standard InChI is InChI=1S/C18H25N3O3S2/c1-12(20-21-18(25)19-15-5-3-4-6-15)13-7-8-16(24-2)14(9-13)10-26-11-17(22)23/h7-9,15H,3-6,10-11H2,1-2H3,(H,22,23)(H2,19,21,25)/p-1/b20-12-. The van der Waals surface area contributed by atoms with E-state index in [0.717, 1.165) is 35.4 Å². The van der Waals surface area contributed by atoms with Crippen molar-refractivity contribution in [1.29, 1.82) is 0 Å². The largest absolute Gasteiger partial charge is 0.549 e. The Kier molecular flexibility index (Phi) is 8.18. The van der Waals surface area contributed by atoms with Gasteiger partial charge in [0.15, 0.2) is 5.11 Å².